The summed E-state index contributed by atoms with van der Waals surface area (Å²) in [5, 5.41) is 0.743. The van der Waals surface area contributed by atoms with Crippen molar-refractivity contribution in [1.29, 1.82) is 0 Å². The molecule has 0 aromatic heterocycles. The Kier molecular flexibility index (Phi) is 5.71. The van der Waals surface area contributed by atoms with Gasteiger partial charge in [-0.05, 0) is 30.5 Å². The molecule has 0 saturated heterocycles. The van der Waals surface area contributed by atoms with E-state index in [0.717, 1.165) is 0 Å². The molecule has 104 valence electrons. The third-order valence-corrected chi connectivity index (χ3v) is 5.16. The SMILES string of the molecule is O=C(CSC1CCCCC1)Cc1ccc(Cl)c(F)c1. The molecule has 1 saturated carbocycles. The average Bonchev–Trinajstić information content (AvgIpc) is 2.42. The molecule has 0 bridgehead atoms. The van der Waals surface area contributed by atoms with Gasteiger partial charge in [-0.15, -0.1) is 0 Å². The van der Waals surface area contributed by atoms with Crippen LogP contribution in [0.2, 0.25) is 5.02 Å². The van der Waals surface area contributed by atoms with E-state index in [0.29, 0.717) is 23.0 Å². The molecular formula is C15H18ClFOS. The van der Waals surface area contributed by atoms with Gasteiger partial charge in [-0.2, -0.15) is 11.8 Å². The van der Waals surface area contributed by atoms with E-state index in [4.69, 9.17) is 11.6 Å². The summed E-state index contributed by atoms with van der Waals surface area (Å²) < 4.78 is 13.3. The van der Waals surface area contributed by atoms with Crippen LogP contribution in [0, 0.1) is 5.82 Å². The first-order valence-corrected chi connectivity index (χ1v) is 8.15. The number of carbonyl (C=O) groups excluding carboxylic acids is 1. The summed E-state index contributed by atoms with van der Waals surface area (Å²) in [5.41, 5.74) is 0.705. The molecule has 0 aliphatic heterocycles. The van der Waals surface area contributed by atoms with Crippen LogP contribution < -0.4 is 0 Å². The van der Waals surface area contributed by atoms with Crippen LogP contribution in [0.5, 0.6) is 0 Å². The monoisotopic (exact) mass is 300 g/mol. The lowest BCUT2D eigenvalue weighted by molar-refractivity contribution is -0.116. The van der Waals surface area contributed by atoms with Gasteiger partial charge < -0.3 is 0 Å². The maximum atomic E-state index is 13.3. The lowest BCUT2D eigenvalue weighted by Gasteiger charge is -2.20. The van der Waals surface area contributed by atoms with Gasteiger partial charge in [-0.25, -0.2) is 4.39 Å². The summed E-state index contributed by atoms with van der Waals surface area (Å²) in [4.78, 5) is 11.9. The topological polar surface area (TPSA) is 17.1 Å². The van der Waals surface area contributed by atoms with E-state index in [1.807, 2.05) is 0 Å². The lowest BCUT2D eigenvalue weighted by Crippen LogP contribution is -2.13. The highest BCUT2D eigenvalue weighted by atomic mass is 35.5. The van der Waals surface area contributed by atoms with Gasteiger partial charge in [0.1, 0.15) is 11.6 Å². The van der Waals surface area contributed by atoms with Crippen LogP contribution >= 0.6 is 23.4 Å². The van der Waals surface area contributed by atoms with E-state index in [-0.39, 0.29) is 10.8 Å². The Morgan fingerprint density at radius 3 is 2.74 bits per heavy atom. The van der Waals surface area contributed by atoms with Crippen LogP contribution in [-0.4, -0.2) is 16.8 Å². The second-order valence-electron chi connectivity index (χ2n) is 5.03. The molecule has 0 unspecified atom stereocenters. The Morgan fingerprint density at radius 1 is 1.32 bits per heavy atom. The molecule has 0 amide bonds. The molecule has 0 spiro atoms. The number of carbonyl (C=O) groups is 1. The predicted octanol–water partition coefficient (Wildman–Crippen LogP) is 4.66. The Labute approximate surface area is 122 Å². The Bertz CT molecular complexity index is 444. The lowest BCUT2D eigenvalue weighted by atomic mass is 10.0. The fraction of sp³-hybridized carbons (Fsp3) is 0.533. The molecule has 1 fully saturated rings. The zero-order chi connectivity index (χ0) is 13.7. The third-order valence-electron chi connectivity index (χ3n) is 3.42. The third kappa shape index (κ3) is 4.81. The molecule has 0 heterocycles. The molecule has 0 N–H and O–H groups in total. The quantitative estimate of drug-likeness (QED) is 0.787. The smallest absolute Gasteiger partial charge is 0.147 e. The number of thioether (sulfide) groups is 1. The molecule has 0 radical (unpaired) electrons. The standard InChI is InChI=1S/C15H18ClFOS/c16-14-7-6-11(9-15(14)17)8-12(18)10-19-13-4-2-1-3-5-13/h6-7,9,13H,1-5,8,10H2. The first-order valence-electron chi connectivity index (χ1n) is 6.72. The summed E-state index contributed by atoms with van der Waals surface area (Å²) in [6, 6.07) is 4.58. The molecule has 19 heavy (non-hydrogen) atoms. The number of ketones is 1. The number of hydrogen-bond acceptors (Lipinski definition) is 2. The summed E-state index contributed by atoms with van der Waals surface area (Å²) >= 11 is 7.38. The van der Waals surface area contributed by atoms with Crippen molar-refractivity contribution >= 4 is 29.1 Å². The van der Waals surface area contributed by atoms with Gasteiger partial charge in [0.2, 0.25) is 0 Å². The van der Waals surface area contributed by atoms with E-state index in [1.165, 1.54) is 44.2 Å². The van der Waals surface area contributed by atoms with Crippen LogP contribution in [-0.2, 0) is 11.2 Å². The first kappa shape index (κ1) is 14.9. The Morgan fingerprint density at radius 2 is 2.05 bits per heavy atom. The molecule has 1 aliphatic rings. The van der Waals surface area contributed by atoms with Crippen molar-refractivity contribution in [1.82, 2.24) is 0 Å². The van der Waals surface area contributed by atoms with E-state index in [2.05, 4.69) is 0 Å². The first-order chi connectivity index (χ1) is 9.15. The maximum absolute atomic E-state index is 13.3. The molecule has 4 heteroatoms. The number of halogens is 2. The molecule has 1 aromatic rings. The van der Waals surface area contributed by atoms with Crippen LogP contribution in [0.25, 0.3) is 0 Å². The van der Waals surface area contributed by atoms with Crippen LogP contribution in [0.15, 0.2) is 18.2 Å². The zero-order valence-electron chi connectivity index (χ0n) is 10.8. The van der Waals surface area contributed by atoms with E-state index >= 15 is 0 Å². The van der Waals surface area contributed by atoms with E-state index < -0.39 is 5.82 Å². The van der Waals surface area contributed by atoms with E-state index in [9.17, 15) is 9.18 Å². The maximum Gasteiger partial charge on any atom is 0.147 e. The minimum atomic E-state index is -0.452. The van der Waals surface area contributed by atoms with Gasteiger partial charge in [-0.3, -0.25) is 4.79 Å². The zero-order valence-corrected chi connectivity index (χ0v) is 12.4. The number of hydrogen-bond donors (Lipinski definition) is 0. The van der Waals surface area contributed by atoms with Gasteiger partial charge in [0.15, 0.2) is 0 Å². The van der Waals surface area contributed by atoms with Gasteiger partial charge in [0.05, 0.1) is 10.8 Å². The van der Waals surface area contributed by atoms with Gasteiger partial charge in [0.25, 0.3) is 0 Å². The van der Waals surface area contributed by atoms with Crippen molar-refractivity contribution in [2.45, 2.75) is 43.8 Å². The fourth-order valence-electron chi connectivity index (χ4n) is 2.37. The highest BCUT2D eigenvalue weighted by Gasteiger charge is 2.15. The molecule has 1 nitrogen and oxygen atoms in total. The molecule has 1 aromatic carbocycles. The van der Waals surface area contributed by atoms with Crippen LogP contribution in [0.3, 0.4) is 0 Å². The summed E-state index contributed by atoms with van der Waals surface area (Å²) in [6.07, 6.45) is 6.66. The van der Waals surface area contributed by atoms with Crippen LogP contribution in [0.4, 0.5) is 4.39 Å². The highest BCUT2D eigenvalue weighted by molar-refractivity contribution is 8.00. The van der Waals surface area contributed by atoms with Gasteiger partial charge >= 0.3 is 0 Å². The van der Waals surface area contributed by atoms with Crippen molar-refractivity contribution in [2.24, 2.45) is 0 Å². The second kappa shape index (κ2) is 7.30. The van der Waals surface area contributed by atoms with Crippen molar-refractivity contribution in [3.8, 4) is 0 Å². The van der Waals surface area contributed by atoms with Crippen molar-refractivity contribution < 1.29 is 9.18 Å². The second-order valence-corrected chi connectivity index (χ2v) is 6.73. The van der Waals surface area contributed by atoms with Gasteiger partial charge in [-0.1, -0.05) is 36.9 Å². The highest BCUT2D eigenvalue weighted by Crippen LogP contribution is 2.28. The minimum Gasteiger partial charge on any atom is -0.298 e. The summed E-state index contributed by atoms with van der Waals surface area (Å²) in [5.74, 6) is 0.249. The molecule has 1 aliphatic carbocycles. The molecule has 0 atom stereocenters. The number of benzene rings is 1. The van der Waals surface area contributed by atoms with Gasteiger partial charge in [0, 0.05) is 11.7 Å². The number of rotatable bonds is 5. The van der Waals surface area contributed by atoms with Crippen LogP contribution in [0.1, 0.15) is 37.7 Å². The Hall–Kier alpha value is -0.540. The minimum absolute atomic E-state index is 0.104. The normalized spacial score (nSPS) is 16.5. The predicted molar refractivity (Wildman–Crippen MR) is 79.5 cm³/mol. The van der Waals surface area contributed by atoms with Crippen molar-refractivity contribution in [3.05, 3.63) is 34.6 Å². The van der Waals surface area contributed by atoms with Crippen molar-refractivity contribution in [2.75, 3.05) is 5.75 Å². The largest absolute Gasteiger partial charge is 0.298 e. The average molecular weight is 301 g/mol. The van der Waals surface area contributed by atoms with Crippen molar-refractivity contribution in [3.63, 3.8) is 0 Å². The van der Waals surface area contributed by atoms with E-state index in [1.54, 1.807) is 17.8 Å². The Balaban J connectivity index is 1.78. The summed E-state index contributed by atoms with van der Waals surface area (Å²) in [7, 11) is 0. The summed E-state index contributed by atoms with van der Waals surface area (Å²) in [6.45, 7) is 0. The fourth-order valence-corrected chi connectivity index (χ4v) is 3.68. The molecule has 2 rings (SSSR count). The molecular weight excluding hydrogens is 283 g/mol. The number of Topliss-reactive ketones (excluding diaryl/α,β-unsaturated/α-hetero) is 1.